The number of nitrogens with zero attached hydrogens (tertiary/aromatic N) is 1. The Labute approximate surface area is 209 Å². The number of unbranched alkanes of at least 4 members (excludes halogenated alkanes) is 4. The molecule has 0 radical (unpaired) electrons. The highest BCUT2D eigenvalue weighted by atomic mass is 16.6. The van der Waals surface area contributed by atoms with Gasteiger partial charge in [0.1, 0.15) is 17.1 Å². The first-order chi connectivity index (χ1) is 16.6. The summed E-state index contributed by atoms with van der Waals surface area (Å²) in [4.78, 5) is 25.9. The molecule has 0 heterocycles. The lowest BCUT2D eigenvalue weighted by Gasteiger charge is -2.26. The van der Waals surface area contributed by atoms with Crippen LogP contribution in [-0.4, -0.2) is 47.9 Å². The molecule has 0 saturated carbocycles. The summed E-state index contributed by atoms with van der Waals surface area (Å²) in [6, 6.07) is 13.4. The number of hydrogen-bond donors (Lipinski definition) is 1. The maximum Gasteiger partial charge on any atom is 0.410 e. The van der Waals surface area contributed by atoms with Crippen LogP contribution in [0.2, 0.25) is 0 Å². The number of carbonyl (C=O) groups is 2. The van der Waals surface area contributed by atoms with Crippen molar-refractivity contribution in [2.45, 2.75) is 71.5 Å². The number of aliphatic hydroxyl groups is 1. The van der Waals surface area contributed by atoms with Gasteiger partial charge in [-0.3, -0.25) is 0 Å². The van der Waals surface area contributed by atoms with E-state index in [-0.39, 0.29) is 6.54 Å². The van der Waals surface area contributed by atoms with E-state index in [1.807, 2.05) is 0 Å². The largest absolute Gasteiger partial charge is 0.494 e. The van der Waals surface area contributed by atoms with E-state index in [2.05, 4.69) is 6.92 Å². The molecule has 35 heavy (non-hydrogen) atoms. The molecule has 2 rings (SSSR count). The zero-order chi connectivity index (χ0) is 25.8. The van der Waals surface area contributed by atoms with Crippen LogP contribution >= 0.6 is 0 Å². The maximum atomic E-state index is 12.5. The minimum absolute atomic E-state index is 0.0706. The zero-order valence-corrected chi connectivity index (χ0v) is 21.6. The third kappa shape index (κ3) is 10.4. The van der Waals surface area contributed by atoms with Gasteiger partial charge >= 0.3 is 12.1 Å². The lowest BCUT2D eigenvalue weighted by atomic mass is 10.1. The molecule has 2 aromatic carbocycles. The monoisotopic (exact) mass is 485 g/mol. The van der Waals surface area contributed by atoms with Crippen molar-refractivity contribution in [3.05, 3.63) is 59.7 Å². The molecule has 0 aliphatic carbocycles. The summed E-state index contributed by atoms with van der Waals surface area (Å²) in [7, 11) is 1.57. The number of esters is 1. The van der Waals surface area contributed by atoms with E-state index in [9.17, 15) is 14.7 Å². The van der Waals surface area contributed by atoms with Gasteiger partial charge in [-0.25, -0.2) is 9.59 Å². The molecule has 0 bridgehead atoms. The Morgan fingerprint density at radius 2 is 1.51 bits per heavy atom. The molecule has 0 aliphatic rings. The molecule has 0 spiro atoms. The Morgan fingerprint density at radius 1 is 0.914 bits per heavy atom. The first kappa shape index (κ1) is 28.2. The number of benzene rings is 2. The van der Waals surface area contributed by atoms with Gasteiger partial charge in [0.15, 0.2) is 0 Å². The summed E-state index contributed by atoms with van der Waals surface area (Å²) >= 11 is 0. The van der Waals surface area contributed by atoms with Crippen LogP contribution in [0.4, 0.5) is 4.79 Å². The quantitative estimate of drug-likeness (QED) is 0.220. The highest BCUT2D eigenvalue weighted by Crippen LogP contribution is 2.21. The van der Waals surface area contributed by atoms with E-state index in [1.165, 1.54) is 24.2 Å². The molecule has 0 aromatic heterocycles. The maximum absolute atomic E-state index is 12.5. The Balaban J connectivity index is 1.82. The predicted molar refractivity (Wildman–Crippen MR) is 136 cm³/mol. The van der Waals surface area contributed by atoms with E-state index in [4.69, 9.17) is 14.2 Å². The molecule has 1 amide bonds. The van der Waals surface area contributed by atoms with Crippen molar-refractivity contribution in [2.24, 2.45) is 0 Å². The molecule has 0 aliphatic heterocycles. The fourth-order valence-corrected chi connectivity index (χ4v) is 3.29. The van der Waals surface area contributed by atoms with Crippen LogP contribution in [0.1, 0.15) is 81.8 Å². The number of likely N-dealkylation sites (N-methyl/N-ethyl adjacent to an activating group) is 1. The van der Waals surface area contributed by atoms with E-state index in [1.54, 1.807) is 76.3 Å². The lowest BCUT2D eigenvalue weighted by molar-refractivity contribution is 0.0205. The van der Waals surface area contributed by atoms with Crippen molar-refractivity contribution in [1.82, 2.24) is 4.90 Å². The van der Waals surface area contributed by atoms with Gasteiger partial charge < -0.3 is 24.2 Å². The third-order valence-corrected chi connectivity index (χ3v) is 5.23. The van der Waals surface area contributed by atoms with Crippen molar-refractivity contribution in [3.63, 3.8) is 0 Å². The standard InChI is InChI=1S/C28H39NO6/c1-6-7-8-9-10-19-33-23-15-13-22(14-16-23)26(31)34-24-17-11-21(12-18-24)25(30)20-29(5)27(32)35-28(2,3)4/h11-18,25,30H,6-10,19-20H2,1-5H3. The number of amides is 1. The summed E-state index contributed by atoms with van der Waals surface area (Å²) in [6.45, 7) is 8.29. The van der Waals surface area contributed by atoms with Crippen molar-refractivity contribution in [1.29, 1.82) is 0 Å². The summed E-state index contributed by atoms with van der Waals surface area (Å²) < 4.78 is 16.5. The fraction of sp³-hybridized carbons (Fsp3) is 0.500. The highest BCUT2D eigenvalue weighted by molar-refractivity contribution is 5.91. The highest BCUT2D eigenvalue weighted by Gasteiger charge is 2.22. The van der Waals surface area contributed by atoms with Crippen LogP contribution in [0.25, 0.3) is 0 Å². The zero-order valence-electron chi connectivity index (χ0n) is 21.6. The van der Waals surface area contributed by atoms with E-state index in [0.29, 0.717) is 23.5 Å². The number of hydrogen-bond acceptors (Lipinski definition) is 6. The average Bonchev–Trinajstić information content (AvgIpc) is 2.81. The average molecular weight is 486 g/mol. The van der Waals surface area contributed by atoms with E-state index < -0.39 is 23.8 Å². The summed E-state index contributed by atoms with van der Waals surface area (Å²) in [6.07, 6.45) is 4.47. The minimum Gasteiger partial charge on any atom is -0.494 e. The Hall–Kier alpha value is -3.06. The number of aliphatic hydroxyl groups excluding tert-OH is 1. The van der Waals surface area contributed by atoms with Crippen LogP contribution in [-0.2, 0) is 4.74 Å². The predicted octanol–water partition coefficient (Wildman–Crippen LogP) is 6.16. The van der Waals surface area contributed by atoms with Crippen molar-refractivity contribution in [2.75, 3.05) is 20.2 Å². The molecule has 7 nitrogen and oxygen atoms in total. The second-order valence-corrected chi connectivity index (χ2v) is 9.62. The molecule has 1 unspecified atom stereocenters. The first-order valence-electron chi connectivity index (χ1n) is 12.3. The van der Waals surface area contributed by atoms with Crippen molar-refractivity contribution >= 4 is 12.1 Å². The molecule has 192 valence electrons. The summed E-state index contributed by atoms with van der Waals surface area (Å²) in [5.41, 5.74) is 0.406. The van der Waals surface area contributed by atoms with E-state index in [0.717, 1.165) is 18.6 Å². The van der Waals surface area contributed by atoms with Crippen LogP contribution in [0.15, 0.2) is 48.5 Å². The third-order valence-electron chi connectivity index (χ3n) is 5.23. The van der Waals surface area contributed by atoms with Crippen LogP contribution < -0.4 is 9.47 Å². The van der Waals surface area contributed by atoms with Crippen LogP contribution in [0, 0.1) is 0 Å². The first-order valence-corrected chi connectivity index (χ1v) is 12.3. The van der Waals surface area contributed by atoms with Gasteiger partial charge in [0.05, 0.1) is 24.8 Å². The second-order valence-electron chi connectivity index (χ2n) is 9.62. The van der Waals surface area contributed by atoms with Gasteiger partial charge in [-0.15, -0.1) is 0 Å². The molecule has 0 fully saturated rings. The number of rotatable bonds is 12. The van der Waals surface area contributed by atoms with E-state index >= 15 is 0 Å². The smallest absolute Gasteiger partial charge is 0.410 e. The fourth-order valence-electron chi connectivity index (χ4n) is 3.29. The number of ether oxygens (including phenoxy) is 3. The summed E-state index contributed by atoms with van der Waals surface area (Å²) in [5.74, 6) is 0.611. The van der Waals surface area contributed by atoms with Crippen molar-refractivity contribution in [3.8, 4) is 11.5 Å². The molecular weight excluding hydrogens is 446 g/mol. The van der Waals surface area contributed by atoms with Gasteiger partial charge in [0.25, 0.3) is 0 Å². The molecule has 1 atom stereocenters. The van der Waals surface area contributed by atoms with Crippen molar-refractivity contribution < 1.29 is 28.9 Å². The molecule has 0 saturated heterocycles. The van der Waals surface area contributed by atoms with Crippen LogP contribution in [0.5, 0.6) is 11.5 Å². The van der Waals surface area contributed by atoms with Gasteiger partial charge in [0, 0.05) is 7.05 Å². The lowest BCUT2D eigenvalue weighted by Crippen LogP contribution is -2.36. The Kier molecular flexibility index (Phi) is 11.1. The van der Waals surface area contributed by atoms with Gasteiger partial charge in [-0.2, -0.15) is 0 Å². The SMILES string of the molecule is CCCCCCCOc1ccc(C(=O)Oc2ccc(C(O)CN(C)C(=O)OC(C)(C)C)cc2)cc1. The van der Waals surface area contributed by atoms with Gasteiger partial charge in [-0.05, 0) is 69.2 Å². The topological polar surface area (TPSA) is 85.3 Å². The summed E-state index contributed by atoms with van der Waals surface area (Å²) in [5, 5.41) is 10.5. The second kappa shape index (κ2) is 13.7. The Bertz CT molecular complexity index is 918. The Morgan fingerprint density at radius 3 is 2.11 bits per heavy atom. The molecule has 7 heteroatoms. The number of carbonyl (C=O) groups excluding carboxylic acids is 2. The normalized spacial score (nSPS) is 12.1. The van der Waals surface area contributed by atoms with Crippen LogP contribution in [0.3, 0.4) is 0 Å². The minimum atomic E-state index is -0.906. The molecular formula is C28H39NO6. The van der Waals surface area contributed by atoms with Gasteiger partial charge in [-0.1, -0.05) is 44.7 Å². The molecule has 1 N–H and O–H groups in total. The molecule has 2 aromatic rings. The van der Waals surface area contributed by atoms with Gasteiger partial charge in [0.2, 0.25) is 0 Å².